The Morgan fingerprint density at radius 2 is 1.73 bits per heavy atom. The molecule has 0 aromatic heterocycles. The van der Waals surface area contributed by atoms with Crippen LogP contribution in [0.25, 0.3) is 0 Å². The van der Waals surface area contributed by atoms with Crippen molar-refractivity contribution in [1.29, 1.82) is 0 Å². The molecule has 196 valence electrons. The van der Waals surface area contributed by atoms with E-state index < -0.39 is 27.5 Å². The number of anilines is 1. The SMILES string of the molecule is COc1ccc([C@H]2Sc3cc(C)ccc3N(CCN(C)Cc3ccccc3)C(=O)[C@H]2O[Cl+3]([O-])([O-])[O-])cc1. The zero-order valence-corrected chi connectivity index (χ0v) is 22.4. The van der Waals surface area contributed by atoms with E-state index in [1.54, 1.807) is 31.4 Å². The Morgan fingerprint density at radius 1 is 1.03 bits per heavy atom. The number of hydrogen-bond donors (Lipinski definition) is 0. The molecule has 0 saturated carbocycles. The molecule has 0 radical (unpaired) electrons. The normalized spacial score (nSPS) is 18.0. The Kier molecular flexibility index (Phi) is 8.76. The lowest BCUT2D eigenvalue weighted by atomic mass is 10.1. The molecule has 8 nitrogen and oxygen atoms in total. The van der Waals surface area contributed by atoms with E-state index in [0.29, 0.717) is 30.1 Å². The Bertz CT molecular complexity index is 1210. The number of ether oxygens (including phenoxy) is 1. The number of carbonyl (C=O) groups excluding carboxylic acids is 1. The first kappa shape index (κ1) is 27.4. The number of hydrogen-bond acceptors (Lipinski definition) is 8. The predicted molar refractivity (Wildman–Crippen MR) is 133 cm³/mol. The maximum absolute atomic E-state index is 13.9. The van der Waals surface area contributed by atoms with E-state index in [9.17, 15) is 18.8 Å². The minimum atomic E-state index is -4.85. The van der Waals surface area contributed by atoms with Gasteiger partial charge in [0.05, 0.1) is 32.6 Å². The second-order valence-electron chi connectivity index (χ2n) is 8.88. The third-order valence-corrected chi connectivity index (χ3v) is 7.86. The molecule has 1 amide bonds. The van der Waals surface area contributed by atoms with Crippen molar-refractivity contribution in [3.8, 4) is 5.75 Å². The van der Waals surface area contributed by atoms with Crippen molar-refractivity contribution in [1.82, 2.24) is 4.90 Å². The number of carbonyl (C=O) groups is 1. The summed E-state index contributed by atoms with van der Waals surface area (Å²) < 4.78 is 45.3. The van der Waals surface area contributed by atoms with Crippen LogP contribution in [0.1, 0.15) is 21.9 Å². The number of thioether (sulfide) groups is 1. The molecule has 0 spiro atoms. The van der Waals surface area contributed by atoms with E-state index in [4.69, 9.17) is 9.03 Å². The largest absolute Gasteiger partial charge is 0.497 e. The Hall–Kier alpha value is -2.63. The van der Waals surface area contributed by atoms with E-state index in [1.165, 1.54) is 16.7 Å². The van der Waals surface area contributed by atoms with Gasteiger partial charge in [0.15, 0.2) is 0 Å². The molecule has 1 aliphatic rings. The highest BCUT2D eigenvalue weighted by Crippen LogP contribution is 2.47. The van der Waals surface area contributed by atoms with E-state index in [0.717, 1.165) is 16.0 Å². The number of likely N-dealkylation sites (N-methyl/N-ethyl adjacent to an activating group) is 1. The second kappa shape index (κ2) is 11.8. The third kappa shape index (κ3) is 7.03. The van der Waals surface area contributed by atoms with Crippen LogP contribution in [0.4, 0.5) is 5.69 Å². The Morgan fingerprint density at radius 3 is 2.38 bits per heavy atom. The van der Waals surface area contributed by atoms with E-state index in [2.05, 4.69) is 4.90 Å². The molecular weight excluding hydrogens is 516 g/mol. The number of halogens is 1. The highest BCUT2D eigenvalue weighted by Gasteiger charge is 2.48. The van der Waals surface area contributed by atoms with Gasteiger partial charge in [0.2, 0.25) is 0 Å². The Balaban J connectivity index is 1.68. The fourth-order valence-corrected chi connectivity index (χ4v) is 6.14. The lowest BCUT2D eigenvalue weighted by Gasteiger charge is -2.28. The van der Waals surface area contributed by atoms with E-state index in [1.807, 2.05) is 62.5 Å². The van der Waals surface area contributed by atoms with Gasteiger partial charge in [-0.05, 0) is 54.9 Å². The van der Waals surface area contributed by atoms with Gasteiger partial charge in [0.25, 0.3) is 5.91 Å². The number of benzene rings is 3. The first-order valence-corrected chi connectivity index (χ1v) is 13.8. The molecular formula is C27H29ClN2O6S. The molecule has 2 atom stereocenters. The minimum Gasteiger partial charge on any atom is -0.497 e. The van der Waals surface area contributed by atoms with E-state index >= 15 is 0 Å². The maximum Gasteiger partial charge on any atom is 0.307 e. The van der Waals surface area contributed by atoms with Gasteiger partial charge in [-0.15, -0.1) is 11.8 Å². The first-order chi connectivity index (χ1) is 17.6. The summed E-state index contributed by atoms with van der Waals surface area (Å²) in [6.45, 7) is 3.42. The monoisotopic (exact) mass is 544 g/mol. The van der Waals surface area contributed by atoms with Crippen LogP contribution < -0.4 is 23.6 Å². The topological polar surface area (TPSA) is 111 Å². The van der Waals surface area contributed by atoms with Crippen molar-refractivity contribution in [2.45, 2.75) is 29.7 Å². The number of amides is 1. The first-order valence-electron chi connectivity index (χ1n) is 11.7. The molecule has 10 heteroatoms. The summed E-state index contributed by atoms with van der Waals surface area (Å²) in [6, 6.07) is 22.6. The standard InChI is InChI=1S/C27H29ClN2O6S/c1-19-9-14-23-24(17-19)37-26(21-10-12-22(35-3)13-11-21)25(36-28(32,33)34)27(31)30(23)16-15-29(2)18-20-7-5-4-6-8-20/h4-14,17,25-26H,15-16,18H2,1-3H3/t25-,26+/m0/s1. The number of methoxy groups -OCH3 is 1. The van der Waals surface area contributed by atoms with Crippen LogP contribution in [0.2, 0.25) is 0 Å². The molecule has 0 saturated heterocycles. The maximum atomic E-state index is 13.9. The molecule has 0 aliphatic carbocycles. The summed E-state index contributed by atoms with van der Waals surface area (Å²) >= 11 is 1.30. The van der Waals surface area contributed by atoms with Gasteiger partial charge in [-0.25, -0.2) is 0 Å². The molecule has 3 aromatic rings. The van der Waals surface area contributed by atoms with Crippen LogP contribution in [-0.4, -0.2) is 44.2 Å². The van der Waals surface area contributed by atoms with Gasteiger partial charge in [-0.2, -0.15) is 14.0 Å². The lowest BCUT2D eigenvalue weighted by molar-refractivity contribution is -1.92. The smallest absolute Gasteiger partial charge is 0.307 e. The summed E-state index contributed by atoms with van der Waals surface area (Å²) in [5, 5.41) is -0.776. The highest BCUT2D eigenvalue weighted by atomic mass is 35.7. The number of fused-ring (bicyclic) bond motifs is 1. The predicted octanol–water partition coefficient (Wildman–Crippen LogP) is 1.60. The highest BCUT2D eigenvalue weighted by molar-refractivity contribution is 7.99. The van der Waals surface area contributed by atoms with Gasteiger partial charge in [0.1, 0.15) is 5.75 Å². The lowest BCUT2D eigenvalue weighted by Crippen LogP contribution is -2.64. The van der Waals surface area contributed by atoms with Crippen LogP contribution >= 0.6 is 11.8 Å². The molecule has 37 heavy (non-hydrogen) atoms. The van der Waals surface area contributed by atoms with E-state index in [-0.39, 0.29) is 6.54 Å². The van der Waals surface area contributed by atoms with Crippen molar-refractivity contribution in [2.24, 2.45) is 0 Å². The minimum absolute atomic E-state index is 0.282. The van der Waals surface area contributed by atoms with Gasteiger partial charge < -0.3 is 14.5 Å². The summed E-state index contributed by atoms with van der Waals surface area (Å²) in [6.07, 6.45) is -1.55. The summed E-state index contributed by atoms with van der Waals surface area (Å²) in [5.41, 5.74) is 3.41. The zero-order chi connectivity index (χ0) is 26.6. The fraction of sp³-hybridized carbons (Fsp3) is 0.296. The van der Waals surface area contributed by atoms with Crippen molar-refractivity contribution < 1.29 is 38.0 Å². The van der Waals surface area contributed by atoms with Crippen LogP contribution in [0, 0.1) is 17.2 Å². The number of rotatable bonds is 9. The second-order valence-corrected chi connectivity index (χ2v) is 11.0. The van der Waals surface area contributed by atoms with Gasteiger partial charge in [-0.1, -0.05) is 48.5 Å². The van der Waals surface area contributed by atoms with Crippen LogP contribution in [0.15, 0.2) is 77.7 Å². The van der Waals surface area contributed by atoms with Gasteiger partial charge in [0, 0.05) is 24.5 Å². The van der Waals surface area contributed by atoms with Crippen LogP contribution in [0.3, 0.4) is 0 Å². The molecule has 1 heterocycles. The van der Waals surface area contributed by atoms with Crippen molar-refractivity contribution in [2.75, 3.05) is 32.1 Å². The van der Waals surface area contributed by atoms with Gasteiger partial charge >= 0.3 is 6.10 Å². The molecule has 0 unspecified atom stereocenters. The third-order valence-electron chi connectivity index (χ3n) is 6.09. The quantitative estimate of drug-likeness (QED) is 0.399. The molecule has 0 bridgehead atoms. The molecule has 0 N–H and O–H groups in total. The Labute approximate surface area is 223 Å². The summed E-state index contributed by atoms with van der Waals surface area (Å²) in [5.74, 6) is 0.0241. The molecule has 0 fully saturated rings. The number of nitrogens with zero attached hydrogens (tertiary/aromatic N) is 2. The average Bonchev–Trinajstić information content (AvgIpc) is 2.97. The molecule has 1 aliphatic heterocycles. The van der Waals surface area contributed by atoms with Crippen molar-refractivity contribution in [3.63, 3.8) is 0 Å². The van der Waals surface area contributed by atoms with Crippen LogP contribution in [0.5, 0.6) is 5.75 Å². The summed E-state index contributed by atoms with van der Waals surface area (Å²) in [4.78, 5) is 18.3. The number of aryl methyl sites for hydroxylation is 1. The van der Waals surface area contributed by atoms with Crippen molar-refractivity contribution >= 4 is 23.4 Å². The van der Waals surface area contributed by atoms with Crippen molar-refractivity contribution in [3.05, 3.63) is 89.5 Å². The molecule has 3 aromatic carbocycles. The van der Waals surface area contributed by atoms with Crippen LogP contribution in [-0.2, 0) is 15.6 Å². The molecule has 4 rings (SSSR count). The zero-order valence-electron chi connectivity index (χ0n) is 20.8. The summed E-state index contributed by atoms with van der Waals surface area (Å²) in [7, 11) is -1.36. The van der Waals surface area contributed by atoms with Gasteiger partial charge in [-0.3, -0.25) is 4.79 Å². The fourth-order valence-electron chi connectivity index (χ4n) is 4.25. The average molecular weight is 545 g/mol.